The van der Waals surface area contributed by atoms with Gasteiger partial charge in [0.25, 0.3) is 5.91 Å². The Balaban J connectivity index is 1.41. The van der Waals surface area contributed by atoms with Crippen molar-refractivity contribution in [3.8, 4) is 28.4 Å². The van der Waals surface area contributed by atoms with Gasteiger partial charge in [0.2, 0.25) is 0 Å². The van der Waals surface area contributed by atoms with Crippen LogP contribution in [0.2, 0.25) is 0 Å². The summed E-state index contributed by atoms with van der Waals surface area (Å²) in [4.78, 5) is 23.5. The standard InChI is InChI=1S/C32H34FNO6/c1-17-12-21(40-32(3,4)31(34)36)13-18(2)29(17)23-8-10-25(33)30-24(23)9-11-26(30)39-20-6-7-22-19(14-28(35)37-5)16-38-27(22)15-20/h6-8,10,12-13,15,19,26H,9,11,14,16H2,1-5H3,(H2,34,36)/t19-,26-/m1/s1. The van der Waals surface area contributed by atoms with Gasteiger partial charge in [0, 0.05) is 23.1 Å². The Bertz CT molecular complexity index is 1470. The van der Waals surface area contributed by atoms with Crippen molar-refractivity contribution in [2.24, 2.45) is 5.73 Å². The summed E-state index contributed by atoms with van der Waals surface area (Å²) in [5, 5.41) is 0. The molecule has 2 N–H and O–H groups in total. The zero-order valence-electron chi connectivity index (χ0n) is 23.4. The molecule has 3 aromatic carbocycles. The average Bonchev–Trinajstić information content (AvgIpc) is 3.49. The number of halogens is 1. The molecule has 1 amide bonds. The van der Waals surface area contributed by atoms with Crippen LogP contribution >= 0.6 is 0 Å². The van der Waals surface area contributed by atoms with E-state index in [4.69, 9.17) is 24.7 Å². The van der Waals surface area contributed by atoms with E-state index in [-0.39, 0.29) is 24.1 Å². The summed E-state index contributed by atoms with van der Waals surface area (Å²) >= 11 is 0. The summed E-state index contributed by atoms with van der Waals surface area (Å²) < 4.78 is 38.1. The molecule has 0 unspecified atom stereocenters. The van der Waals surface area contributed by atoms with Crippen molar-refractivity contribution in [3.05, 3.63) is 76.1 Å². The summed E-state index contributed by atoms with van der Waals surface area (Å²) in [6.07, 6.45) is 1.11. The van der Waals surface area contributed by atoms with Crippen molar-refractivity contribution < 1.29 is 32.9 Å². The maximum atomic E-state index is 15.3. The summed E-state index contributed by atoms with van der Waals surface area (Å²) in [5.74, 6) is 0.625. The third-order valence-electron chi connectivity index (χ3n) is 7.81. The Labute approximate surface area is 233 Å². The number of nitrogens with two attached hydrogens (primary N) is 1. The highest BCUT2D eigenvalue weighted by molar-refractivity contribution is 5.83. The molecule has 0 fully saturated rings. The molecule has 2 atom stereocenters. The van der Waals surface area contributed by atoms with Gasteiger partial charge in [-0.25, -0.2) is 4.39 Å². The van der Waals surface area contributed by atoms with Crippen molar-refractivity contribution >= 4 is 11.9 Å². The van der Waals surface area contributed by atoms with Gasteiger partial charge >= 0.3 is 5.97 Å². The third kappa shape index (κ3) is 5.10. The number of benzene rings is 3. The Morgan fingerprint density at radius 3 is 2.48 bits per heavy atom. The van der Waals surface area contributed by atoms with Gasteiger partial charge in [0.1, 0.15) is 29.2 Å². The van der Waals surface area contributed by atoms with Gasteiger partial charge in [-0.1, -0.05) is 12.1 Å². The molecular weight excluding hydrogens is 513 g/mol. The first-order valence-corrected chi connectivity index (χ1v) is 13.4. The first-order chi connectivity index (χ1) is 19.0. The lowest BCUT2D eigenvalue weighted by atomic mass is 9.90. The molecule has 0 saturated carbocycles. The number of ether oxygens (including phenoxy) is 4. The summed E-state index contributed by atoms with van der Waals surface area (Å²) in [5.41, 5.74) is 10.6. The van der Waals surface area contributed by atoms with E-state index in [0.717, 1.165) is 33.4 Å². The highest BCUT2D eigenvalue weighted by atomic mass is 19.1. The molecule has 3 aromatic rings. The van der Waals surface area contributed by atoms with Crippen LogP contribution in [0, 0.1) is 19.7 Å². The number of fused-ring (bicyclic) bond motifs is 2. The van der Waals surface area contributed by atoms with Crippen molar-refractivity contribution in [3.63, 3.8) is 0 Å². The van der Waals surface area contributed by atoms with Crippen LogP contribution in [0.15, 0.2) is 42.5 Å². The van der Waals surface area contributed by atoms with E-state index >= 15 is 4.39 Å². The fourth-order valence-electron chi connectivity index (χ4n) is 5.73. The molecule has 7 nitrogen and oxygen atoms in total. The van der Waals surface area contributed by atoms with E-state index in [1.807, 2.05) is 50.2 Å². The van der Waals surface area contributed by atoms with Crippen LogP contribution in [0.1, 0.15) is 66.5 Å². The van der Waals surface area contributed by atoms with E-state index in [0.29, 0.717) is 42.3 Å². The van der Waals surface area contributed by atoms with E-state index in [1.165, 1.54) is 13.2 Å². The summed E-state index contributed by atoms with van der Waals surface area (Å²) in [6.45, 7) is 7.62. The highest BCUT2D eigenvalue weighted by Gasteiger charge is 2.33. The smallest absolute Gasteiger partial charge is 0.306 e. The van der Waals surface area contributed by atoms with E-state index in [9.17, 15) is 9.59 Å². The van der Waals surface area contributed by atoms with Gasteiger partial charge in [-0.3, -0.25) is 9.59 Å². The lowest BCUT2D eigenvalue weighted by molar-refractivity contribution is -0.141. The van der Waals surface area contributed by atoms with Crippen molar-refractivity contribution in [2.45, 2.75) is 64.6 Å². The van der Waals surface area contributed by atoms with Gasteiger partial charge in [0.15, 0.2) is 5.60 Å². The molecule has 8 heteroatoms. The second kappa shape index (κ2) is 10.5. The maximum Gasteiger partial charge on any atom is 0.306 e. The first-order valence-electron chi connectivity index (χ1n) is 13.4. The Kier molecular flexibility index (Phi) is 7.21. The molecule has 0 radical (unpaired) electrons. The third-order valence-corrected chi connectivity index (χ3v) is 7.81. The molecule has 0 bridgehead atoms. The zero-order valence-corrected chi connectivity index (χ0v) is 23.4. The van der Waals surface area contributed by atoms with Crippen LogP contribution in [-0.2, 0) is 20.7 Å². The first kappa shape index (κ1) is 27.5. The number of primary amides is 1. The quantitative estimate of drug-likeness (QED) is 0.355. The topological polar surface area (TPSA) is 97.1 Å². The predicted octanol–water partition coefficient (Wildman–Crippen LogP) is 5.86. The van der Waals surface area contributed by atoms with Gasteiger partial charge in [0.05, 0.1) is 20.1 Å². The molecule has 1 aliphatic heterocycles. The number of carbonyl (C=O) groups excluding carboxylic acids is 2. The van der Waals surface area contributed by atoms with Crippen LogP contribution in [0.4, 0.5) is 4.39 Å². The lowest BCUT2D eigenvalue weighted by Gasteiger charge is -2.24. The number of esters is 1. The van der Waals surface area contributed by atoms with Crippen LogP contribution in [0.5, 0.6) is 17.2 Å². The minimum absolute atomic E-state index is 0.0613. The fraction of sp³-hybridized carbons (Fsp3) is 0.375. The number of amides is 1. The second-order valence-electron chi connectivity index (χ2n) is 11.0. The molecule has 5 rings (SSSR count). The monoisotopic (exact) mass is 547 g/mol. The van der Waals surface area contributed by atoms with Crippen molar-refractivity contribution in [1.82, 2.24) is 0 Å². The number of hydrogen-bond acceptors (Lipinski definition) is 6. The number of methoxy groups -OCH3 is 1. The van der Waals surface area contributed by atoms with Crippen molar-refractivity contribution in [1.29, 1.82) is 0 Å². The second-order valence-corrected chi connectivity index (χ2v) is 11.0. The van der Waals surface area contributed by atoms with E-state index in [1.54, 1.807) is 13.8 Å². The SMILES string of the molecule is COC(=O)C[C@@H]1COc2cc(O[C@@H]3CCc4c(-c5c(C)cc(OC(C)(C)C(N)=O)cc5C)ccc(F)c43)ccc21. The van der Waals surface area contributed by atoms with Gasteiger partial charge < -0.3 is 24.7 Å². The molecule has 0 saturated heterocycles. The Hall–Kier alpha value is -4.07. The van der Waals surface area contributed by atoms with Crippen LogP contribution in [0.3, 0.4) is 0 Å². The Morgan fingerprint density at radius 1 is 1.07 bits per heavy atom. The van der Waals surface area contributed by atoms with Crippen LogP contribution in [-0.4, -0.2) is 31.2 Å². The summed E-state index contributed by atoms with van der Waals surface area (Å²) in [7, 11) is 1.37. The molecular formula is C32H34FNO6. The summed E-state index contributed by atoms with van der Waals surface area (Å²) in [6, 6.07) is 12.6. The van der Waals surface area contributed by atoms with E-state index in [2.05, 4.69) is 0 Å². The average molecular weight is 548 g/mol. The highest BCUT2D eigenvalue weighted by Crippen LogP contribution is 2.45. The molecule has 2 aliphatic rings. The number of rotatable bonds is 8. The van der Waals surface area contributed by atoms with Crippen molar-refractivity contribution in [2.75, 3.05) is 13.7 Å². The number of aryl methyl sites for hydroxylation is 2. The lowest BCUT2D eigenvalue weighted by Crippen LogP contribution is -2.43. The van der Waals surface area contributed by atoms with Crippen LogP contribution < -0.4 is 19.9 Å². The van der Waals surface area contributed by atoms with E-state index < -0.39 is 17.6 Å². The van der Waals surface area contributed by atoms with Gasteiger partial charge in [-0.2, -0.15) is 0 Å². The van der Waals surface area contributed by atoms with Gasteiger partial charge in [-0.15, -0.1) is 0 Å². The Morgan fingerprint density at radius 2 is 1.80 bits per heavy atom. The number of carbonyl (C=O) groups is 2. The minimum Gasteiger partial charge on any atom is -0.492 e. The molecule has 40 heavy (non-hydrogen) atoms. The molecule has 1 aliphatic carbocycles. The van der Waals surface area contributed by atoms with Gasteiger partial charge in [-0.05, 0) is 92.6 Å². The van der Waals surface area contributed by atoms with Crippen LogP contribution in [0.25, 0.3) is 11.1 Å². The fourth-order valence-corrected chi connectivity index (χ4v) is 5.73. The molecule has 210 valence electrons. The predicted molar refractivity (Wildman–Crippen MR) is 148 cm³/mol. The molecule has 0 aromatic heterocycles. The normalized spacial score (nSPS) is 17.6. The largest absolute Gasteiger partial charge is 0.492 e. The molecule has 1 heterocycles. The minimum atomic E-state index is -1.15. The molecule has 0 spiro atoms. The maximum absolute atomic E-state index is 15.3. The zero-order chi connectivity index (χ0) is 28.8. The number of hydrogen-bond donors (Lipinski definition) is 1.